The van der Waals surface area contributed by atoms with E-state index in [0.29, 0.717) is 18.8 Å². The minimum absolute atomic E-state index is 0.535. The van der Waals surface area contributed by atoms with Gasteiger partial charge in [-0.25, -0.2) is 4.98 Å². The lowest BCUT2D eigenvalue weighted by Crippen LogP contribution is -2.03. The summed E-state index contributed by atoms with van der Waals surface area (Å²) < 4.78 is 5.32. The summed E-state index contributed by atoms with van der Waals surface area (Å²) in [5.41, 5.74) is 9.45. The molecule has 0 spiro atoms. The van der Waals surface area contributed by atoms with Gasteiger partial charge in [-0.2, -0.15) is 10.2 Å². The highest BCUT2D eigenvalue weighted by Crippen LogP contribution is 2.32. The van der Waals surface area contributed by atoms with Crippen molar-refractivity contribution in [3.8, 4) is 28.4 Å². The molecule has 0 aliphatic heterocycles. The van der Waals surface area contributed by atoms with Crippen LogP contribution in [0.25, 0.3) is 44.3 Å². The maximum atomic E-state index is 5.60. The highest BCUT2D eigenvalue weighted by molar-refractivity contribution is 5.97. The zero-order valence-corrected chi connectivity index (χ0v) is 15.9. The van der Waals surface area contributed by atoms with Crippen molar-refractivity contribution in [2.75, 3.05) is 13.7 Å². The molecule has 0 bridgehead atoms. The maximum Gasteiger partial charge on any atom is 0.181 e. The van der Waals surface area contributed by atoms with E-state index < -0.39 is 0 Å². The van der Waals surface area contributed by atoms with E-state index in [1.807, 2.05) is 24.3 Å². The number of methoxy groups -OCH3 is 1. The van der Waals surface area contributed by atoms with Crippen molar-refractivity contribution in [2.45, 2.75) is 6.42 Å². The van der Waals surface area contributed by atoms with Gasteiger partial charge in [0.25, 0.3) is 0 Å². The molecule has 0 saturated heterocycles. The van der Waals surface area contributed by atoms with E-state index in [1.54, 1.807) is 7.11 Å². The zero-order chi connectivity index (χ0) is 19.8. The van der Waals surface area contributed by atoms with Crippen molar-refractivity contribution in [2.24, 2.45) is 5.73 Å². The number of aromatic amines is 2. The van der Waals surface area contributed by atoms with Crippen LogP contribution in [0.4, 0.5) is 0 Å². The van der Waals surface area contributed by atoms with Crippen LogP contribution in [0, 0.1) is 0 Å². The van der Waals surface area contributed by atoms with E-state index in [0.717, 1.165) is 50.1 Å². The molecule has 0 aliphatic rings. The van der Waals surface area contributed by atoms with Crippen LogP contribution in [0.3, 0.4) is 0 Å². The van der Waals surface area contributed by atoms with Crippen LogP contribution in [0.1, 0.15) is 5.82 Å². The third-order valence-electron chi connectivity index (χ3n) is 5.05. The highest BCUT2D eigenvalue weighted by Gasteiger charge is 2.12. The molecule has 7 heteroatoms. The summed E-state index contributed by atoms with van der Waals surface area (Å²) in [7, 11) is 1.68. The molecule has 2 heterocycles. The second-order valence-corrected chi connectivity index (χ2v) is 6.90. The van der Waals surface area contributed by atoms with Gasteiger partial charge in [0.15, 0.2) is 5.82 Å². The molecule has 29 heavy (non-hydrogen) atoms. The zero-order valence-electron chi connectivity index (χ0n) is 15.9. The number of fused-ring (bicyclic) bond motifs is 2. The van der Waals surface area contributed by atoms with E-state index in [2.05, 4.69) is 55.7 Å². The van der Waals surface area contributed by atoms with Crippen molar-refractivity contribution in [1.29, 1.82) is 0 Å². The number of aromatic nitrogens is 5. The summed E-state index contributed by atoms with van der Waals surface area (Å²) >= 11 is 0. The van der Waals surface area contributed by atoms with Crippen LogP contribution in [-0.2, 0) is 6.42 Å². The fourth-order valence-corrected chi connectivity index (χ4v) is 3.54. The number of hydrogen-bond acceptors (Lipinski definition) is 5. The van der Waals surface area contributed by atoms with Gasteiger partial charge in [-0.1, -0.05) is 18.2 Å². The van der Waals surface area contributed by atoms with E-state index in [4.69, 9.17) is 10.5 Å². The average molecular weight is 384 g/mol. The summed E-state index contributed by atoms with van der Waals surface area (Å²) in [4.78, 5) is 4.53. The molecule has 0 radical (unpaired) electrons. The maximum absolute atomic E-state index is 5.60. The number of hydrogen-bond donors (Lipinski definition) is 3. The minimum Gasteiger partial charge on any atom is -0.497 e. The third kappa shape index (κ3) is 3.11. The Hall–Kier alpha value is -3.71. The van der Waals surface area contributed by atoms with Gasteiger partial charge in [0.1, 0.15) is 11.6 Å². The summed E-state index contributed by atoms with van der Waals surface area (Å²) in [6.45, 7) is 0.535. The second-order valence-electron chi connectivity index (χ2n) is 6.90. The molecule has 0 saturated carbocycles. The van der Waals surface area contributed by atoms with Crippen molar-refractivity contribution in [3.05, 3.63) is 60.4 Å². The standard InChI is InChI=1S/C22H20N6O/c1-29-17-6-4-13-10-15(3-2-14(13)11-17)21-18-12-16(5-7-19(18)25-27-21)22-24-20(8-9-23)26-28-22/h2-7,10-12H,8-9,23H2,1H3,(H,25,27)(H,24,26,28). The van der Waals surface area contributed by atoms with Crippen LogP contribution in [0.2, 0.25) is 0 Å². The van der Waals surface area contributed by atoms with Crippen LogP contribution in [-0.4, -0.2) is 39.0 Å². The Bertz CT molecular complexity index is 1320. The Morgan fingerprint density at radius 3 is 2.59 bits per heavy atom. The fraction of sp³-hybridized carbons (Fsp3) is 0.136. The molecular weight excluding hydrogens is 364 g/mol. The summed E-state index contributed by atoms with van der Waals surface area (Å²) in [6.07, 6.45) is 0.675. The number of ether oxygens (including phenoxy) is 1. The normalized spacial score (nSPS) is 11.4. The first-order chi connectivity index (χ1) is 14.2. The molecule has 3 aromatic carbocycles. The Labute approximate surface area is 166 Å². The SMILES string of the molecule is COc1ccc2cc(-c3n[nH]c4ccc(-c5n[nH]c(CCN)n5)cc34)ccc2c1. The van der Waals surface area contributed by atoms with E-state index in [9.17, 15) is 0 Å². The molecule has 2 aromatic heterocycles. The molecule has 0 fully saturated rings. The lowest BCUT2D eigenvalue weighted by Gasteiger charge is -2.05. The van der Waals surface area contributed by atoms with Crippen molar-refractivity contribution in [1.82, 2.24) is 25.4 Å². The Morgan fingerprint density at radius 1 is 0.897 bits per heavy atom. The molecule has 0 atom stereocenters. The monoisotopic (exact) mass is 384 g/mol. The van der Waals surface area contributed by atoms with Crippen LogP contribution in [0.15, 0.2) is 54.6 Å². The molecule has 144 valence electrons. The predicted octanol–water partition coefficient (Wildman–Crippen LogP) is 3.68. The van der Waals surface area contributed by atoms with Gasteiger partial charge in [-0.3, -0.25) is 10.2 Å². The number of nitrogens with two attached hydrogens (primary N) is 1. The molecule has 0 amide bonds. The molecule has 0 unspecified atom stereocenters. The Kier molecular flexibility index (Phi) is 4.22. The summed E-state index contributed by atoms with van der Waals surface area (Å²) in [5, 5.41) is 18.2. The Balaban J connectivity index is 1.58. The highest BCUT2D eigenvalue weighted by atomic mass is 16.5. The average Bonchev–Trinajstić information content (AvgIpc) is 3.40. The van der Waals surface area contributed by atoms with Crippen molar-refractivity contribution in [3.63, 3.8) is 0 Å². The number of H-pyrrole nitrogens is 2. The largest absolute Gasteiger partial charge is 0.497 e. The first-order valence-electron chi connectivity index (χ1n) is 9.43. The van der Waals surface area contributed by atoms with Crippen LogP contribution < -0.4 is 10.5 Å². The summed E-state index contributed by atoms with van der Waals surface area (Å²) in [5.74, 6) is 2.30. The molecule has 4 N–H and O–H groups in total. The smallest absolute Gasteiger partial charge is 0.181 e. The topological polar surface area (TPSA) is 106 Å². The van der Waals surface area contributed by atoms with Gasteiger partial charge in [0.05, 0.1) is 18.3 Å². The van der Waals surface area contributed by atoms with E-state index in [1.165, 1.54) is 0 Å². The summed E-state index contributed by atoms with van der Waals surface area (Å²) in [6, 6.07) is 18.4. The molecular formula is C22H20N6O. The van der Waals surface area contributed by atoms with Gasteiger partial charge >= 0.3 is 0 Å². The fourth-order valence-electron chi connectivity index (χ4n) is 3.54. The van der Waals surface area contributed by atoms with Gasteiger partial charge < -0.3 is 10.5 Å². The van der Waals surface area contributed by atoms with Crippen LogP contribution in [0.5, 0.6) is 5.75 Å². The third-order valence-corrected chi connectivity index (χ3v) is 5.05. The van der Waals surface area contributed by atoms with Crippen LogP contribution >= 0.6 is 0 Å². The lowest BCUT2D eigenvalue weighted by atomic mass is 10.0. The second kappa shape index (κ2) is 7.03. The van der Waals surface area contributed by atoms with Gasteiger partial charge in [-0.15, -0.1) is 0 Å². The number of nitrogens with one attached hydrogen (secondary N) is 2. The molecule has 5 rings (SSSR count). The van der Waals surface area contributed by atoms with Crippen molar-refractivity contribution >= 4 is 21.7 Å². The molecule has 5 aromatic rings. The predicted molar refractivity (Wildman–Crippen MR) is 114 cm³/mol. The molecule has 0 aliphatic carbocycles. The van der Waals surface area contributed by atoms with Crippen molar-refractivity contribution < 1.29 is 4.74 Å². The van der Waals surface area contributed by atoms with Gasteiger partial charge in [0, 0.05) is 22.9 Å². The van der Waals surface area contributed by atoms with Gasteiger partial charge in [-0.05, 0) is 53.7 Å². The number of benzene rings is 3. The van der Waals surface area contributed by atoms with E-state index >= 15 is 0 Å². The minimum atomic E-state index is 0.535. The first kappa shape index (κ1) is 17.4. The van der Waals surface area contributed by atoms with Gasteiger partial charge in [0.2, 0.25) is 0 Å². The van der Waals surface area contributed by atoms with E-state index in [-0.39, 0.29) is 0 Å². The Morgan fingerprint density at radius 2 is 1.72 bits per heavy atom. The first-order valence-corrected chi connectivity index (χ1v) is 9.43. The molecule has 7 nitrogen and oxygen atoms in total. The number of nitrogens with zero attached hydrogens (tertiary/aromatic N) is 3. The number of rotatable bonds is 5. The quantitative estimate of drug-likeness (QED) is 0.429. The lowest BCUT2D eigenvalue weighted by molar-refractivity contribution is 0.415.